The van der Waals surface area contributed by atoms with E-state index >= 15 is 0 Å². The molecule has 0 spiro atoms. The van der Waals surface area contributed by atoms with Gasteiger partial charge in [-0.1, -0.05) is 30.3 Å². The van der Waals surface area contributed by atoms with Gasteiger partial charge >= 0.3 is 0 Å². The third-order valence-electron chi connectivity index (χ3n) is 2.79. The van der Waals surface area contributed by atoms with Gasteiger partial charge in [0.05, 0.1) is 10.6 Å². The van der Waals surface area contributed by atoms with Gasteiger partial charge in [-0.25, -0.2) is 8.42 Å². The summed E-state index contributed by atoms with van der Waals surface area (Å²) in [4.78, 5) is 23.1. The molecule has 0 amide bonds. The van der Waals surface area contributed by atoms with Crippen LogP contribution >= 0.6 is 0 Å². The number of carbonyl (C=O) groups is 2. The van der Waals surface area contributed by atoms with Crippen LogP contribution in [0.5, 0.6) is 0 Å². The smallest absolute Gasteiger partial charge is 0.261 e. The van der Waals surface area contributed by atoms with Crippen molar-refractivity contribution in [2.45, 2.75) is 11.8 Å². The number of carbonyl (C=O) groups excluding carboxylic acids is 2. The van der Waals surface area contributed by atoms with Crippen molar-refractivity contribution >= 4 is 27.3 Å². The number of hydrogen-bond acceptors (Lipinski definition) is 4. The minimum atomic E-state index is -3.81. The molecule has 1 N–H and O–H groups in total. The molecule has 0 aliphatic carbocycles. The number of Topliss-reactive ketones (excluding diaryl/α,β-unsaturated/α-hetero) is 2. The lowest BCUT2D eigenvalue weighted by Gasteiger charge is -2.11. The van der Waals surface area contributed by atoms with Crippen LogP contribution in [0.1, 0.15) is 17.3 Å². The summed E-state index contributed by atoms with van der Waals surface area (Å²) in [5.41, 5.74) is 0.117. The highest BCUT2D eigenvalue weighted by molar-refractivity contribution is 7.92. The van der Waals surface area contributed by atoms with Crippen LogP contribution in [-0.4, -0.2) is 20.0 Å². The van der Waals surface area contributed by atoms with Crippen molar-refractivity contribution in [1.82, 2.24) is 0 Å². The van der Waals surface area contributed by atoms with E-state index in [0.717, 1.165) is 6.92 Å². The van der Waals surface area contributed by atoms with Gasteiger partial charge in [0.25, 0.3) is 10.0 Å². The largest absolute Gasteiger partial charge is 0.291 e. The predicted molar refractivity (Wildman–Crippen MR) is 78.7 cm³/mol. The monoisotopic (exact) mass is 303 g/mol. The lowest BCUT2D eigenvalue weighted by molar-refractivity contribution is -0.113. The molecule has 2 rings (SSSR count). The molecule has 0 saturated carbocycles. The first-order valence-electron chi connectivity index (χ1n) is 6.14. The number of benzene rings is 2. The van der Waals surface area contributed by atoms with E-state index in [1.807, 2.05) is 0 Å². The van der Waals surface area contributed by atoms with Crippen LogP contribution in [0.25, 0.3) is 0 Å². The SMILES string of the molecule is CC(=O)C(=O)c1ccccc1NS(=O)(=O)c1ccccc1. The minimum Gasteiger partial charge on any atom is -0.291 e. The van der Waals surface area contributed by atoms with E-state index in [4.69, 9.17) is 0 Å². The maximum atomic E-state index is 12.2. The average Bonchev–Trinajstić information content (AvgIpc) is 2.47. The topological polar surface area (TPSA) is 80.3 Å². The zero-order valence-electron chi connectivity index (χ0n) is 11.2. The van der Waals surface area contributed by atoms with Gasteiger partial charge in [-0.15, -0.1) is 0 Å². The molecule has 2 aromatic carbocycles. The molecule has 0 atom stereocenters. The summed E-state index contributed by atoms with van der Waals surface area (Å²) in [5, 5.41) is 0. The van der Waals surface area contributed by atoms with E-state index in [1.54, 1.807) is 30.3 Å². The summed E-state index contributed by atoms with van der Waals surface area (Å²) in [6.45, 7) is 1.14. The van der Waals surface area contributed by atoms with Crippen LogP contribution in [0, 0.1) is 0 Å². The highest BCUT2D eigenvalue weighted by Crippen LogP contribution is 2.20. The van der Waals surface area contributed by atoms with Crippen molar-refractivity contribution in [3.63, 3.8) is 0 Å². The number of para-hydroxylation sites is 1. The highest BCUT2D eigenvalue weighted by atomic mass is 32.2. The highest BCUT2D eigenvalue weighted by Gasteiger charge is 2.20. The molecule has 0 bridgehead atoms. The van der Waals surface area contributed by atoms with Gasteiger partial charge in [0.2, 0.25) is 5.78 Å². The fourth-order valence-electron chi connectivity index (χ4n) is 1.76. The first-order valence-corrected chi connectivity index (χ1v) is 7.62. The Morgan fingerprint density at radius 3 is 2.10 bits per heavy atom. The summed E-state index contributed by atoms with van der Waals surface area (Å²) in [6, 6.07) is 13.8. The summed E-state index contributed by atoms with van der Waals surface area (Å²) >= 11 is 0. The van der Waals surface area contributed by atoms with Gasteiger partial charge in [0.1, 0.15) is 0 Å². The molecule has 5 nitrogen and oxygen atoms in total. The molecule has 0 unspecified atom stereocenters. The molecule has 0 aliphatic heterocycles. The molecule has 0 aliphatic rings. The van der Waals surface area contributed by atoms with Crippen LogP contribution in [0.3, 0.4) is 0 Å². The van der Waals surface area contributed by atoms with Crippen LogP contribution < -0.4 is 4.72 Å². The molecule has 0 fully saturated rings. The third-order valence-corrected chi connectivity index (χ3v) is 4.17. The number of rotatable bonds is 5. The van der Waals surface area contributed by atoms with Gasteiger partial charge in [-0.3, -0.25) is 14.3 Å². The predicted octanol–water partition coefficient (Wildman–Crippen LogP) is 2.26. The molecular formula is C15H13NO4S. The van der Waals surface area contributed by atoms with Crippen LogP contribution in [-0.2, 0) is 14.8 Å². The van der Waals surface area contributed by atoms with Crippen LogP contribution in [0.15, 0.2) is 59.5 Å². The summed E-state index contributed by atoms with van der Waals surface area (Å²) in [6.07, 6.45) is 0. The third kappa shape index (κ3) is 3.35. The fraction of sp³-hybridized carbons (Fsp3) is 0.0667. The quantitative estimate of drug-likeness (QED) is 0.678. The van der Waals surface area contributed by atoms with Gasteiger partial charge in [-0.2, -0.15) is 0 Å². The summed E-state index contributed by atoms with van der Waals surface area (Å²) in [7, 11) is -3.81. The molecule has 108 valence electrons. The maximum absolute atomic E-state index is 12.2. The normalized spacial score (nSPS) is 10.9. The Kier molecular flexibility index (Phi) is 4.18. The lowest BCUT2D eigenvalue weighted by Crippen LogP contribution is -2.17. The zero-order valence-corrected chi connectivity index (χ0v) is 12.1. The zero-order chi connectivity index (χ0) is 15.5. The molecule has 2 aromatic rings. The fourth-order valence-corrected chi connectivity index (χ4v) is 2.86. The van der Waals surface area contributed by atoms with Crippen LogP contribution in [0.4, 0.5) is 5.69 Å². The van der Waals surface area contributed by atoms with Crippen molar-refractivity contribution in [2.24, 2.45) is 0 Å². The number of anilines is 1. The Balaban J connectivity index is 2.41. The van der Waals surface area contributed by atoms with Gasteiger partial charge in [0.15, 0.2) is 5.78 Å². The van der Waals surface area contributed by atoms with Crippen molar-refractivity contribution < 1.29 is 18.0 Å². The van der Waals surface area contributed by atoms with Crippen LogP contribution in [0.2, 0.25) is 0 Å². The second kappa shape index (κ2) is 5.88. The number of sulfonamides is 1. The lowest BCUT2D eigenvalue weighted by atomic mass is 10.1. The molecule has 0 aromatic heterocycles. The first-order chi connectivity index (χ1) is 9.92. The molecule has 6 heteroatoms. The number of ketones is 2. The van der Waals surface area contributed by atoms with Gasteiger partial charge in [0, 0.05) is 12.5 Å². The van der Waals surface area contributed by atoms with E-state index in [0.29, 0.717) is 0 Å². The van der Waals surface area contributed by atoms with E-state index < -0.39 is 21.6 Å². The first kappa shape index (κ1) is 14.9. The van der Waals surface area contributed by atoms with E-state index in [1.165, 1.54) is 24.3 Å². The second-order valence-electron chi connectivity index (χ2n) is 4.35. The van der Waals surface area contributed by atoms with E-state index in [-0.39, 0.29) is 16.1 Å². The Bertz CT molecular complexity index is 782. The van der Waals surface area contributed by atoms with Crippen molar-refractivity contribution in [1.29, 1.82) is 0 Å². The van der Waals surface area contributed by atoms with E-state index in [9.17, 15) is 18.0 Å². The molecule has 21 heavy (non-hydrogen) atoms. The van der Waals surface area contributed by atoms with Gasteiger partial charge in [-0.05, 0) is 24.3 Å². The molecule has 0 heterocycles. The van der Waals surface area contributed by atoms with Crippen molar-refractivity contribution in [2.75, 3.05) is 4.72 Å². The minimum absolute atomic E-state index is 0.0320. The summed E-state index contributed by atoms with van der Waals surface area (Å²) < 4.78 is 26.8. The Hall–Kier alpha value is -2.47. The standard InChI is InChI=1S/C15H13NO4S/c1-11(17)15(18)13-9-5-6-10-14(13)16-21(19,20)12-7-3-2-4-8-12/h2-10,16H,1H3. The van der Waals surface area contributed by atoms with Gasteiger partial charge < -0.3 is 0 Å². The van der Waals surface area contributed by atoms with Crippen molar-refractivity contribution in [3.05, 3.63) is 60.2 Å². The Labute approximate surface area is 122 Å². The second-order valence-corrected chi connectivity index (χ2v) is 6.03. The van der Waals surface area contributed by atoms with E-state index in [2.05, 4.69) is 4.72 Å². The Morgan fingerprint density at radius 1 is 0.905 bits per heavy atom. The number of hydrogen-bond donors (Lipinski definition) is 1. The Morgan fingerprint density at radius 2 is 1.48 bits per heavy atom. The average molecular weight is 303 g/mol. The molecule has 0 radical (unpaired) electrons. The van der Waals surface area contributed by atoms with Crippen molar-refractivity contribution in [3.8, 4) is 0 Å². The molecular weight excluding hydrogens is 290 g/mol. The molecule has 0 saturated heterocycles. The maximum Gasteiger partial charge on any atom is 0.261 e. The summed E-state index contributed by atoms with van der Waals surface area (Å²) in [5.74, 6) is -1.39. The number of nitrogens with one attached hydrogen (secondary N) is 1.